The maximum atomic E-state index is 12.3. The molecule has 1 N–H and O–H groups in total. The summed E-state index contributed by atoms with van der Waals surface area (Å²) < 4.78 is 25.3. The Kier molecular flexibility index (Phi) is 3.44. The Labute approximate surface area is 115 Å². The van der Waals surface area contributed by atoms with Crippen LogP contribution >= 0.6 is 23.2 Å². The number of halogens is 2. The lowest BCUT2D eigenvalue weighted by atomic mass is 10.3. The molecule has 1 aromatic rings. The van der Waals surface area contributed by atoms with Crippen LogP contribution in [-0.4, -0.2) is 25.3 Å². The summed E-state index contributed by atoms with van der Waals surface area (Å²) in [5.41, 5.74) is 0.116. The molecular weight excluding hydrogens is 299 g/mol. The molecule has 0 aliphatic carbocycles. The first-order chi connectivity index (χ1) is 8.37. The van der Waals surface area contributed by atoms with E-state index >= 15 is 0 Å². The highest BCUT2D eigenvalue weighted by Gasteiger charge is 2.38. The van der Waals surface area contributed by atoms with Crippen LogP contribution in [0.3, 0.4) is 0 Å². The molecule has 0 saturated carbocycles. The zero-order valence-corrected chi connectivity index (χ0v) is 11.7. The highest BCUT2D eigenvalue weighted by molar-refractivity contribution is 7.90. The highest BCUT2D eigenvalue weighted by Crippen LogP contribution is 2.37. The van der Waals surface area contributed by atoms with E-state index in [9.17, 15) is 13.2 Å². The molecule has 0 saturated heterocycles. The van der Waals surface area contributed by atoms with Gasteiger partial charge in [0.1, 0.15) is 4.90 Å². The number of hydrogen-bond donors (Lipinski definition) is 1. The van der Waals surface area contributed by atoms with Crippen LogP contribution in [0.4, 0.5) is 10.5 Å². The van der Waals surface area contributed by atoms with Crippen molar-refractivity contribution in [2.24, 2.45) is 0 Å². The second kappa shape index (κ2) is 4.60. The predicted molar refractivity (Wildman–Crippen MR) is 69.7 cm³/mol. The van der Waals surface area contributed by atoms with E-state index in [-0.39, 0.29) is 27.2 Å². The third-order valence-electron chi connectivity index (χ3n) is 2.45. The van der Waals surface area contributed by atoms with E-state index in [1.54, 1.807) is 6.92 Å². The van der Waals surface area contributed by atoms with Gasteiger partial charge in [0.25, 0.3) is 10.0 Å². The summed E-state index contributed by atoms with van der Waals surface area (Å²) in [6.07, 6.45) is 0.521. The van der Waals surface area contributed by atoms with E-state index in [2.05, 4.69) is 5.32 Å². The van der Waals surface area contributed by atoms with Gasteiger partial charge in [0.2, 0.25) is 0 Å². The number of amides is 2. The first-order valence-electron chi connectivity index (χ1n) is 5.20. The first kappa shape index (κ1) is 13.5. The minimum atomic E-state index is -3.91. The average Bonchev–Trinajstić information content (AvgIpc) is 2.22. The topological polar surface area (TPSA) is 66.5 Å². The lowest BCUT2D eigenvalue weighted by Crippen LogP contribution is -2.44. The maximum absolute atomic E-state index is 12.3. The number of fused-ring (bicyclic) bond motifs is 1. The van der Waals surface area contributed by atoms with Crippen LogP contribution in [0.25, 0.3) is 0 Å². The molecule has 0 bridgehead atoms. The van der Waals surface area contributed by atoms with Gasteiger partial charge in [-0.3, -0.25) is 0 Å². The van der Waals surface area contributed by atoms with Gasteiger partial charge in [0.15, 0.2) is 0 Å². The number of carbonyl (C=O) groups excluding carboxylic acids is 1. The van der Waals surface area contributed by atoms with Crippen LogP contribution in [0, 0.1) is 0 Å². The molecule has 1 aliphatic rings. The van der Waals surface area contributed by atoms with E-state index in [0.29, 0.717) is 6.42 Å². The van der Waals surface area contributed by atoms with Crippen molar-refractivity contribution in [3.05, 3.63) is 22.2 Å². The van der Waals surface area contributed by atoms with E-state index in [1.165, 1.54) is 12.1 Å². The maximum Gasteiger partial charge on any atom is 0.335 e. The second-order valence-corrected chi connectivity index (χ2v) is 6.41. The molecule has 5 nitrogen and oxygen atoms in total. The average molecular weight is 309 g/mol. The van der Waals surface area contributed by atoms with Gasteiger partial charge in [-0.2, -0.15) is 0 Å². The van der Waals surface area contributed by atoms with Crippen LogP contribution < -0.4 is 5.32 Å². The van der Waals surface area contributed by atoms with Gasteiger partial charge in [-0.05, 0) is 18.6 Å². The molecule has 0 fully saturated rings. The number of sulfonamides is 1. The molecule has 0 spiro atoms. The van der Waals surface area contributed by atoms with Gasteiger partial charge in [-0.1, -0.05) is 30.1 Å². The summed E-state index contributed by atoms with van der Waals surface area (Å²) in [4.78, 5) is 11.6. The molecule has 2 amide bonds. The molecule has 0 unspecified atom stereocenters. The van der Waals surface area contributed by atoms with Crippen LogP contribution in [0.5, 0.6) is 0 Å². The summed E-state index contributed by atoms with van der Waals surface area (Å²) in [5, 5.41) is 2.73. The molecule has 1 aromatic carbocycles. The fourth-order valence-corrected chi connectivity index (χ4v) is 4.12. The van der Waals surface area contributed by atoms with Crippen LogP contribution in [-0.2, 0) is 10.0 Å². The van der Waals surface area contributed by atoms with Crippen molar-refractivity contribution >= 4 is 44.9 Å². The van der Waals surface area contributed by atoms with Gasteiger partial charge < -0.3 is 5.32 Å². The van der Waals surface area contributed by atoms with Gasteiger partial charge in [0, 0.05) is 11.6 Å². The normalized spacial score (nSPS) is 17.3. The van der Waals surface area contributed by atoms with Crippen molar-refractivity contribution in [3.8, 4) is 0 Å². The van der Waals surface area contributed by atoms with Gasteiger partial charge >= 0.3 is 6.03 Å². The van der Waals surface area contributed by atoms with E-state index in [1.807, 2.05) is 0 Å². The van der Waals surface area contributed by atoms with Crippen molar-refractivity contribution in [1.82, 2.24) is 4.31 Å². The smallest absolute Gasteiger partial charge is 0.306 e. The fourth-order valence-electron chi connectivity index (χ4n) is 1.74. The Morgan fingerprint density at radius 2 is 2.00 bits per heavy atom. The number of benzene rings is 1. The predicted octanol–water partition coefficient (Wildman–Crippen LogP) is 2.94. The summed E-state index contributed by atoms with van der Waals surface area (Å²) in [6, 6.07) is 2.01. The lowest BCUT2D eigenvalue weighted by Gasteiger charge is -2.29. The van der Waals surface area contributed by atoms with Crippen LogP contribution in [0.15, 0.2) is 17.0 Å². The number of hydrogen-bond acceptors (Lipinski definition) is 3. The van der Waals surface area contributed by atoms with E-state index < -0.39 is 16.1 Å². The molecule has 98 valence electrons. The number of urea groups is 1. The van der Waals surface area contributed by atoms with Crippen molar-refractivity contribution in [3.63, 3.8) is 0 Å². The molecule has 0 atom stereocenters. The summed E-state index contributed by atoms with van der Waals surface area (Å²) in [5.74, 6) is 0. The number of nitrogens with zero attached hydrogens (tertiary/aromatic N) is 1. The Morgan fingerprint density at radius 3 is 2.61 bits per heavy atom. The Morgan fingerprint density at radius 1 is 1.33 bits per heavy atom. The molecule has 0 radical (unpaired) electrons. The molecule has 18 heavy (non-hydrogen) atoms. The van der Waals surface area contributed by atoms with Crippen molar-refractivity contribution in [2.75, 3.05) is 11.9 Å². The Hall–Kier alpha value is -0.980. The van der Waals surface area contributed by atoms with Gasteiger partial charge in [-0.25, -0.2) is 17.5 Å². The summed E-state index contributed by atoms with van der Waals surface area (Å²) in [7, 11) is -3.91. The molecule has 2 rings (SSSR count). The molecule has 0 aromatic heterocycles. The van der Waals surface area contributed by atoms with E-state index in [4.69, 9.17) is 23.2 Å². The molecule has 1 aliphatic heterocycles. The second-order valence-electron chi connectivity index (χ2n) is 3.77. The summed E-state index contributed by atoms with van der Waals surface area (Å²) in [6.45, 7) is 1.88. The largest absolute Gasteiger partial charge is 0.335 e. The number of carbonyl (C=O) groups is 1. The Bertz CT molecular complexity index is 616. The first-order valence-corrected chi connectivity index (χ1v) is 7.40. The highest BCUT2D eigenvalue weighted by atomic mass is 35.5. The lowest BCUT2D eigenvalue weighted by molar-refractivity contribution is 0.234. The molecular formula is C10H10Cl2N2O3S. The third-order valence-corrected chi connectivity index (χ3v) is 4.96. The number of anilines is 1. The number of nitrogens with one attached hydrogen (secondary N) is 1. The zero-order chi connectivity index (χ0) is 13.5. The Balaban J connectivity index is 2.67. The van der Waals surface area contributed by atoms with Gasteiger partial charge in [-0.15, -0.1) is 0 Å². The monoisotopic (exact) mass is 308 g/mol. The molecule has 8 heteroatoms. The van der Waals surface area contributed by atoms with E-state index in [0.717, 1.165) is 4.31 Å². The molecule has 1 heterocycles. The van der Waals surface area contributed by atoms with Crippen molar-refractivity contribution in [2.45, 2.75) is 18.2 Å². The van der Waals surface area contributed by atoms with Crippen molar-refractivity contribution < 1.29 is 13.2 Å². The fraction of sp³-hybridized carbons (Fsp3) is 0.300. The minimum absolute atomic E-state index is 0.00129. The van der Waals surface area contributed by atoms with Crippen LogP contribution in [0.1, 0.15) is 13.3 Å². The number of rotatable bonds is 2. The summed E-state index contributed by atoms with van der Waals surface area (Å²) >= 11 is 11.7. The van der Waals surface area contributed by atoms with Crippen molar-refractivity contribution in [1.29, 1.82) is 0 Å². The van der Waals surface area contributed by atoms with Gasteiger partial charge in [0.05, 0.1) is 10.7 Å². The quantitative estimate of drug-likeness (QED) is 0.913. The minimum Gasteiger partial charge on any atom is -0.306 e. The third kappa shape index (κ3) is 2.04. The van der Waals surface area contributed by atoms with Crippen LogP contribution in [0.2, 0.25) is 10.0 Å². The zero-order valence-electron chi connectivity index (χ0n) is 9.41. The standard InChI is InChI=1S/C10H10Cl2N2O3S/c1-2-3-14-10(15)13-8-5-6(11)4-7(12)9(8)18(14,16)17/h4-5H,2-3H2,1H3,(H,13,15). The SMILES string of the molecule is CCCN1C(=O)Nc2cc(Cl)cc(Cl)c2S1(=O)=O.